The first-order valence-corrected chi connectivity index (χ1v) is 6.15. The monoisotopic (exact) mass is 238 g/mol. The Balaban J connectivity index is 1.80. The lowest BCUT2D eigenvalue weighted by Gasteiger charge is -2.11. The van der Waals surface area contributed by atoms with Crippen molar-refractivity contribution in [3.63, 3.8) is 0 Å². The van der Waals surface area contributed by atoms with E-state index in [4.69, 9.17) is 0 Å². The molecule has 2 N–H and O–H groups in total. The molecule has 0 aromatic heterocycles. The van der Waals surface area contributed by atoms with Crippen LogP contribution in [0.3, 0.4) is 0 Å². The minimum Gasteiger partial charge on any atom is -0.372 e. The van der Waals surface area contributed by atoms with E-state index in [9.17, 15) is 9.59 Å². The summed E-state index contributed by atoms with van der Waals surface area (Å²) >= 11 is 1.70. The highest BCUT2D eigenvalue weighted by Gasteiger charge is 2.25. The second-order valence-corrected chi connectivity index (χ2v) is 5.13. The molecule has 1 amide bonds. The normalized spacial score (nSPS) is 23.1. The summed E-state index contributed by atoms with van der Waals surface area (Å²) in [6.07, 6.45) is 4.83. The molecule has 2 rings (SSSR count). The van der Waals surface area contributed by atoms with Crippen molar-refractivity contribution >= 4 is 23.5 Å². The molecule has 0 saturated heterocycles. The van der Waals surface area contributed by atoms with Crippen molar-refractivity contribution in [3.05, 3.63) is 22.8 Å². The second kappa shape index (κ2) is 4.74. The van der Waals surface area contributed by atoms with Crippen molar-refractivity contribution < 1.29 is 9.59 Å². The third kappa shape index (κ3) is 2.66. The van der Waals surface area contributed by atoms with E-state index in [2.05, 4.69) is 10.6 Å². The Morgan fingerprint density at radius 2 is 2.44 bits per heavy atom. The van der Waals surface area contributed by atoms with E-state index in [0.29, 0.717) is 13.0 Å². The average Bonchev–Trinajstić information content (AvgIpc) is 2.58. The maximum Gasteiger partial charge on any atom is 0.216 e. The highest BCUT2D eigenvalue weighted by molar-refractivity contribution is 8.03. The van der Waals surface area contributed by atoms with Crippen LogP contribution in [0, 0.1) is 0 Å². The molecule has 0 aromatic carbocycles. The SMILES string of the molecule is CC(=O)NCCC1NC2=C(CC(=O)C=C2)S1. The number of allylic oxidation sites excluding steroid dienone is 3. The molecule has 0 spiro atoms. The van der Waals surface area contributed by atoms with Crippen LogP contribution in [0.1, 0.15) is 19.8 Å². The molecule has 0 aromatic rings. The van der Waals surface area contributed by atoms with Gasteiger partial charge in [-0.2, -0.15) is 0 Å². The smallest absolute Gasteiger partial charge is 0.216 e. The summed E-state index contributed by atoms with van der Waals surface area (Å²) in [6, 6.07) is 0. The highest BCUT2D eigenvalue weighted by atomic mass is 32.2. The van der Waals surface area contributed by atoms with Crippen LogP contribution < -0.4 is 10.6 Å². The molecule has 1 aliphatic heterocycles. The molecule has 4 nitrogen and oxygen atoms in total. The molecule has 5 heteroatoms. The molecule has 1 atom stereocenters. The fourth-order valence-corrected chi connectivity index (χ4v) is 2.94. The fraction of sp³-hybridized carbons (Fsp3) is 0.455. The zero-order valence-corrected chi connectivity index (χ0v) is 9.89. The summed E-state index contributed by atoms with van der Waals surface area (Å²) in [5, 5.41) is 6.38. The van der Waals surface area contributed by atoms with Gasteiger partial charge in [-0.3, -0.25) is 9.59 Å². The van der Waals surface area contributed by atoms with Crippen LogP contribution in [0.5, 0.6) is 0 Å². The number of thioether (sulfide) groups is 1. The summed E-state index contributed by atoms with van der Waals surface area (Å²) in [4.78, 5) is 23.0. The third-order valence-electron chi connectivity index (χ3n) is 2.45. The van der Waals surface area contributed by atoms with E-state index in [1.807, 2.05) is 6.08 Å². The van der Waals surface area contributed by atoms with Gasteiger partial charge in [-0.05, 0) is 18.6 Å². The summed E-state index contributed by atoms with van der Waals surface area (Å²) in [7, 11) is 0. The molecule has 1 aliphatic carbocycles. The minimum absolute atomic E-state index is 0.00390. The van der Waals surface area contributed by atoms with Crippen LogP contribution in [0.2, 0.25) is 0 Å². The summed E-state index contributed by atoms with van der Waals surface area (Å²) < 4.78 is 0. The Morgan fingerprint density at radius 1 is 1.62 bits per heavy atom. The lowest BCUT2D eigenvalue weighted by atomic mass is 10.1. The van der Waals surface area contributed by atoms with E-state index in [1.54, 1.807) is 17.8 Å². The maximum absolute atomic E-state index is 11.2. The van der Waals surface area contributed by atoms with E-state index < -0.39 is 0 Å². The number of carbonyl (C=O) groups excluding carboxylic acids is 2. The van der Waals surface area contributed by atoms with Gasteiger partial charge in [0, 0.05) is 30.5 Å². The highest BCUT2D eigenvalue weighted by Crippen LogP contribution is 2.36. The van der Waals surface area contributed by atoms with Crippen LogP contribution in [0.15, 0.2) is 22.8 Å². The molecular weight excluding hydrogens is 224 g/mol. The lowest BCUT2D eigenvalue weighted by Crippen LogP contribution is -2.28. The van der Waals surface area contributed by atoms with Crippen LogP contribution in [-0.4, -0.2) is 23.6 Å². The fourth-order valence-electron chi connectivity index (χ4n) is 1.70. The Kier molecular flexibility index (Phi) is 3.33. The first kappa shape index (κ1) is 11.3. The van der Waals surface area contributed by atoms with Gasteiger partial charge in [0.25, 0.3) is 0 Å². The summed E-state index contributed by atoms with van der Waals surface area (Å²) in [6.45, 7) is 2.18. The van der Waals surface area contributed by atoms with Crippen LogP contribution in [-0.2, 0) is 9.59 Å². The minimum atomic E-state index is -0.00390. The second-order valence-electron chi connectivity index (χ2n) is 3.84. The number of rotatable bonds is 3. The van der Waals surface area contributed by atoms with Gasteiger partial charge in [0.1, 0.15) is 0 Å². The van der Waals surface area contributed by atoms with Gasteiger partial charge < -0.3 is 10.6 Å². The molecular formula is C11H14N2O2S. The van der Waals surface area contributed by atoms with Gasteiger partial charge in [-0.1, -0.05) is 0 Å². The van der Waals surface area contributed by atoms with Crippen molar-refractivity contribution in [2.24, 2.45) is 0 Å². The van der Waals surface area contributed by atoms with Crippen molar-refractivity contribution in [3.8, 4) is 0 Å². The van der Waals surface area contributed by atoms with Gasteiger partial charge in [-0.25, -0.2) is 0 Å². The standard InChI is InChI=1S/C11H14N2O2S/c1-7(14)12-5-4-11-13-9-3-2-8(15)6-10(9)16-11/h2-3,11,13H,4-6H2,1H3,(H,12,14). The van der Waals surface area contributed by atoms with E-state index in [1.165, 1.54) is 6.92 Å². The molecule has 0 radical (unpaired) electrons. The topological polar surface area (TPSA) is 58.2 Å². The van der Waals surface area contributed by atoms with Gasteiger partial charge in [0.05, 0.1) is 5.37 Å². The van der Waals surface area contributed by atoms with Crippen molar-refractivity contribution in [1.82, 2.24) is 10.6 Å². The zero-order valence-electron chi connectivity index (χ0n) is 9.08. The first-order valence-electron chi connectivity index (χ1n) is 5.27. The van der Waals surface area contributed by atoms with Gasteiger partial charge >= 0.3 is 0 Å². The van der Waals surface area contributed by atoms with Crippen LogP contribution >= 0.6 is 11.8 Å². The van der Waals surface area contributed by atoms with E-state index in [0.717, 1.165) is 17.0 Å². The van der Waals surface area contributed by atoms with Crippen LogP contribution in [0.4, 0.5) is 0 Å². The van der Waals surface area contributed by atoms with Crippen molar-refractivity contribution in [2.45, 2.75) is 25.1 Å². The van der Waals surface area contributed by atoms with Gasteiger partial charge in [-0.15, -0.1) is 11.8 Å². The predicted octanol–water partition coefficient (Wildman–Crippen LogP) is 0.916. The van der Waals surface area contributed by atoms with E-state index >= 15 is 0 Å². The summed E-state index contributed by atoms with van der Waals surface area (Å²) in [5.41, 5.74) is 1.07. The number of carbonyl (C=O) groups is 2. The molecule has 1 heterocycles. The number of ketones is 1. The maximum atomic E-state index is 11.2. The van der Waals surface area contributed by atoms with Crippen LogP contribution in [0.25, 0.3) is 0 Å². The summed E-state index contributed by atoms with van der Waals surface area (Å²) in [5.74, 6) is 0.159. The third-order valence-corrected chi connectivity index (χ3v) is 3.74. The van der Waals surface area contributed by atoms with Crippen molar-refractivity contribution in [1.29, 1.82) is 0 Å². The molecule has 16 heavy (non-hydrogen) atoms. The average molecular weight is 238 g/mol. The largest absolute Gasteiger partial charge is 0.372 e. The molecule has 0 fully saturated rings. The molecule has 2 aliphatic rings. The molecule has 1 unspecified atom stereocenters. The molecule has 0 bridgehead atoms. The molecule has 86 valence electrons. The molecule has 0 saturated carbocycles. The number of amides is 1. The van der Waals surface area contributed by atoms with E-state index in [-0.39, 0.29) is 17.1 Å². The quantitative estimate of drug-likeness (QED) is 0.767. The van der Waals surface area contributed by atoms with Gasteiger partial charge in [0.15, 0.2) is 5.78 Å². The number of nitrogens with one attached hydrogen (secondary N) is 2. The Labute approximate surface area is 98.5 Å². The zero-order chi connectivity index (χ0) is 11.5. The number of hydrogen-bond donors (Lipinski definition) is 2. The Bertz CT molecular complexity index is 387. The lowest BCUT2D eigenvalue weighted by molar-refractivity contribution is -0.119. The first-order chi connectivity index (χ1) is 7.65. The Morgan fingerprint density at radius 3 is 3.19 bits per heavy atom. The predicted molar refractivity (Wildman–Crippen MR) is 63.6 cm³/mol. The van der Waals surface area contributed by atoms with Gasteiger partial charge in [0.2, 0.25) is 5.91 Å². The van der Waals surface area contributed by atoms with Crippen molar-refractivity contribution in [2.75, 3.05) is 6.54 Å². The number of hydrogen-bond acceptors (Lipinski definition) is 4. The Hall–Kier alpha value is -1.23.